The van der Waals surface area contributed by atoms with E-state index in [0.29, 0.717) is 17.8 Å². The van der Waals surface area contributed by atoms with Crippen molar-refractivity contribution in [1.82, 2.24) is 4.98 Å². The molecular weight excluding hydrogens is 281 g/mol. The molecule has 0 radical (unpaired) electrons. The smallest absolute Gasteiger partial charge is 0.147 e. The number of nitrogens with two attached hydrogens (primary N) is 1. The highest BCUT2D eigenvalue weighted by molar-refractivity contribution is 7.80. The van der Waals surface area contributed by atoms with E-state index in [1.165, 1.54) is 6.07 Å². The number of thiazole rings is 1. The summed E-state index contributed by atoms with van der Waals surface area (Å²) in [6, 6.07) is 4.80. The van der Waals surface area contributed by atoms with Gasteiger partial charge in [0, 0.05) is 17.5 Å². The Kier molecular flexibility index (Phi) is 4.11. The van der Waals surface area contributed by atoms with E-state index in [1.54, 1.807) is 29.0 Å². The summed E-state index contributed by atoms with van der Waals surface area (Å²) in [6.07, 6.45) is 0. The first-order valence-corrected chi connectivity index (χ1v) is 6.97. The van der Waals surface area contributed by atoms with Crippen LogP contribution in [0.1, 0.15) is 16.1 Å². The second-order valence-corrected chi connectivity index (χ2v) is 5.63. The van der Waals surface area contributed by atoms with Crippen molar-refractivity contribution in [1.29, 1.82) is 0 Å². The van der Waals surface area contributed by atoms with Gasteiger partial charge in [-0.25, -0.2) is 9.37 Å². The maximum atomic E-state index is 14.0. The number of thiocarbonyl (C=S) groups is 1. The lowest BCUT2D eigenvalue weighted by Crippen LogP contribution is -2.18. The highest BCUT2D eigenvalue weighted by Crippen LogP contribution is 2.23. The van der Waals surface area contributed by atoms with Crippen molar-refractivity contribution in [2.45, 2.75) is 13.5 Å². The van der Waals surface area contributed by atoms with Crippen molar-refractivity contribution in [2.24, 2.45) is 5.73 Å². The lowest BCUT2D eigenvalue weighted by atomic mass is 10.2. The molecule has 2 N–H and O–H groups in total. The summed E-state index contributed by atoms with van der Waals surface area (Å²) in [5.74, 6) is -0.324. The maximum Gasteiger partial charge on any atom is 0.147 e. The van der Waals surface area contributed by atoms with E-state index >= 15 is 0 Å². The van der Waals surface area contributed by atoms with Crippen molar-refractivity contribution >= 4 is 34.2 Å². The molecule has 1 aromatic carbocycles. The molecule has 2 rings (SSSR count). The Balaban J connectivity index is 2.22. The van der Waals surface area contributed by atoms with E-state index in [0.717, 1.165) is 10.6 Å². The largest absolute Gasteiger partial charge is 0.389 e. The minimum atomic E-state index is -0.324. The predicted octanol–water partition coefficient (Wildman–Crippen LogP) is 2.86. The molecule has 0 aliphatic heterocycles. The van der Waals surface area contributed by atoms with Gasteiger partial charge in [-0.1, -0.05) is 12.2 Å². The van der Waals surface area contributed by atoms with Gasteiger partial charge in [-0.2, -0.15) is 0 Å². The first-order valence-electron chi connectivity index (χ1n) is 5.68. The van der Waals surface area contributed by atoms with Crippen molar-refractivity contribution in [3.8, 4) is 0 Å². The number of aromatic nitrogens is 1. The molecule has 1 heterocycles. The molecule has 2 aromatic rings. The Morgan fingerprint density at radius 3 is 2.79 bits per heavy atom. The summed E-state index contributed by atoms with van der Waals surface area (Å²) in [5.41, 5.74) is 9.32. The van der Waals surface area contributed by atoms with Gasteiger partial charge in [-0.3, -0.25) is 0 Å². The summed E-state index contributed by atoms with van der Waals surface area (Å²) in [6.45, 7) is 2.58. The molecule has 3 nitrogen and oxygen atoms in total. The van der Waals surface area contributed by atoms with Crippen LogP contribution < -0.4 is 10.6 Å². The van der Waals surface area contributed by atoms with Gasteiger partial charge in [0.05, 0.1) is 23.4 Å². The molecule has 0 aliphatic rings. The highest BCUT2D eigenvalue weighted by Gasteiger charge is 2.12. The van der Waals surface area contributed by atoms with Gasteiger partial charge < -0.3 is 10.6 Å². The van der Waals surface area contributed by atoms with E-state index in [9.17, 15) is 4.39 Å². The summed E-state index contributed by atoms with van der Waals surface area (Å²) in [7, 11) is 1.85. The van der Waals surface area contributed by atoms with Crippen LogP contribution in [0, 0.1) is 12.7 Å². The first-order chi connectivity index (χ1) is 8.99. The molecule has 0 amide bonds. The molecule has 0 saturated heterocycles. The number of nitrogens with zero attached hydrogens (tertiary/aromatic N) is 2. The third kappa shape index (κ3) is 3.08. The molecule has 6 heteroatoms. The van der Waals surface area contributed by atoms with E-state index in [4.69, 9.17) is 18.0 Å². The third-order valence-electron chi connectivity index (χ3n) is 2.87. The van der Waals surface area contributed by atoms with Crippen LogP contribution in [-0.2, 0) is 6.54 Å². The zero-order valence-electron chi connectivity index (χ0n) is 10.7. The van der Waals surface area contributed by atoms with E-state index in [1.807, 2.05) is 18.9 Å². The van der Waals surface area contributed by atoms with Crippen molar-refractivity contribution in [2.75, 3.05) is 11.9 Å². The topological polar surface area (TPSA) is 42.2 Å². The van der Waals surface area contributed by atoms with Crippen LogP contribution in [0.15, 0.2) is 23.7 Å². The fraction of sp³-hybridized carbons (Fsp3) is 0.231. The number of rotatable bonds is 4. The van der Waals surface area contributed by atoms with Gasteiger partial charge >= 0.3 is 0 Å². The zero-order chi connectivity index (χ0) is 14.0. The number of aryl methyl sites for hydroxylation is 1. The second-order valence-electron chi connectivity index (χ2n) is 4.25. The van der Waals surface area contributed by atoms with Gasteiger partial charge in [-0.15, -0.1) is 11.3 Å². The van der Waals surface area contributed by atoms with Crippen LogP contribution >= 0.6 is 23.6 Å². The van der Waals surface area contributed by atoms with Crippen molar-refractivity contribution in [3.63, 3.8) is 0 Å². The Hall–Kier alpha value is -1.53. The fourth-order valence-corrected chi connectivity index (χ4v) is 2.70. The van der Waals surface area contributed by atoms with Crippen LogP contribution in [0.4, 0.5) is 10.1 Å². The normalized spacial score (nSPS) is 10.5. The molecule has 0 bridgehead atoms. The standard InChI is InChI=1S/C13H14FN3S2/c1-8-12(19-7-16-8)6-17(2)11-4-3-9(13(15)18)5-10(11)14/h3-5,7H,6H2,1-2H3,(H2,15,18). The van der Waals surface area contributed by atoms with E-state index in [2.05, 4.69) is 4.98 Å². The predicted molar refractivity (Wildman–Crippen MR) is 81.2 cm³/mol. The van der Waals surface area contributed by atoms with E-state index < -0.39 is 0 Å². The third-order valence-corrected chi connectivity index (χ3v) is 4.02. The van der Waals surface area contributed by atoms with Crippen LogP contribution in [0.3, 0.4) is 0 Å². The lowest BCUT2D eigenvalue weighted by molar-refractivity contribution is 0.622. The highest BCUT2D eigenvalue weighted by atomic mass is 32.1. The lowest BCUT2D eigenvalue weighted by Gasteiger charge is -2.19. The molecule has 19 heavy (non-hydrogen) atoms. The fourth-order valence-electron chi connectivity index (χ4n) is 1.75. The zero-order valence-corrected chi connectivity index (χ0v) is 12.3. The van der Waals surface area contributed by atoms with Gasteiger partial charge in [-0.05, 0) is 25.1 Å². The molecule has 0 aliphatic carbocycles. The first kappa shape index (κ1) is 13.9. The van der Waals surface area contributed by atoms with Crippen LogP contribution in [-0.4, -0.2) is 17.0 Å². The summed E-state index contributed by atoms with van der Waals surface area (Å²) in [5, 5.41) is 0. The maximum absolute atomic E-state index is 14.0. The Bertz CT molecular complexity index is 610. The Morgan fingerprint density at radius 1 is 1.53 bits per heavy atom. The van der Waals surface area contributed by atoms with Gasteiger partial charge in [0.25, 0.3) is 0 Å². The molecule has 0 spiro atoms. The Morgan fingerprint density at radius 2 is 2.26 bits per heavy atom. The quantitative estimate of drug-likeness (QED) is 0.881. The minimum Gasteiger partial charge on any atom is -0.389 e. The van der Waals surface area contributed by atoms with Crippen molar-refractivity contribution in [3.05, 3.63) is 45.7 Å². The number of hydrogen-bond acceptors (Lipinski definition) is 4. The van der Waals surface area contributed by atoms with Gasteiger partial charge in [0.2, 0.25) is 0 Å². The molecular formula is C13H14FN3S2. The van der Waals surface area contributed by atoms with Crippen molar-refractivity contribution < 1.29 is 4.39 Å². The molecule has 100 valence electrons. The van der Waals surface area contributed by atoms with Gasteiger partial charge in [0.15, 0.2) is 0 Å². The number of anilines is 1. The SMILES string of the molecule is Cc1ncsc1CN(C)c1ccc(C(N)=S)cc1F. The molecule has 0 fully saturated rings. The summed E-state index contributed by atoms with van der Waals surface area (Å²) in [4.78, 5) is 7.36. The Labute approximate surface area is 120 Å². The van der Waals surface area contributed by atoms with Gasteiger partial charge in [0.1, 0.15) is 10.8 Å². The molecule has 1 aromatic heterocycles. The van der Waals surface area contributed by atoms with E-state index in [-0.39, 0.29) is 10.8 Å². The van der Waals surface area contributed by atoms with Crippen LogP contribution in [0.25, 0.3) is 0 Å². The minimum absolute atomic E-state index is 0.200. The summed E-state index contributed by atoms with van der Waals surface area (Å²) >= 11 is 6.40. The average molecular weight is 295 g/mol. The monoisotopic (exact) mass is 295 g/mol. The average Bonchev–Trinajstić information content (AvgIpc) is 2.74. The second kappa shape index (κ2) is 5.63. The number of benzene rings is 1. The molecule has 0 saturated carbocycles. The van der Waals surface area contributed by atoms with Crippen LogP contribution in [0.5, 0.6) is 0 Å². The molecule has 0 unspecified atom stereocenters. The molecule has 0 atom stereocenters. The van der Waals surface area contributed by atoms with Crippen LogP contribution in [0.2, 0.25) is 0 Å². The number of hydrogen-bond donors (Lipinski definition) is 1. The number of halogens is 1. The summed E-state index contributed by atoms with van der Waals surface area (Å²) < 4.78 is 14.0.